The van der Waals surface area contributed by atoms with Gasteiger partial charge in [-0.25, -0.2) is 0 Å². The van der Waals surface area contributed by atoms with Gasteiger partial charge in [-0.3, -0.25) is 9.59 Å². The van der Waals surface area contributed by atoms with Gasteiger partial charge in [0.25, 0.3) is 5.91 Å². The molecule has 2 amide bonds. The van der Waals surface area contributed by atoms with Crippen molar-refractivity contribution in [3.05, 3.63) is 29.8 Å². The number of phenolic OH excluding ortho intramolecular Hbond substituents is 1. The Balaban J connectivity index is 2.66. The third kappa shape index (κ3) is 3.98. The summed E-state index contributed by atoms with van der Waals surface area (Å²) in [6.07, 6.45) is 0. The average Bonchev–Trinajstić information content (AvgIpc) is 2.40. The van der Waals surface area contributed by atoms with Crippen molar-refractivity contribution in [2.45, 2.75) is 26.8 Å². The largest absolute Gasteiger partial charge is 0.508 e. The third-order valence-electron chi connectivity index (χ3n) is 2.92. The minimum atomic E-state index is -0.568. The molecule has 1 unspecified atom stereocenters. The van der Waals surface area contributed by atoms with E-state index in [0.29, 0.717) is 18.7 Å². The monoisotopic (exact) mass is 264 g/mol. The number of hydrogen-bond donors (Lipinski definition) is 2. The molecule has 104 valence electrons. The van der Waals surface area contributed by atoms with Crippen LogP contribution in [0.5, 0.6) is 5.75 Å². The van der Waals surface area contributed by atoms with Crippen LogP contribution in [0.4, 0.5) is 0 Å². The van der Waals surface area contributed by atoms with E-state index in [1.54, 1.807) is 11.8 Å². The first-order chi connectivity index (χ1) is 8.99. The lowest BCUT2D eigenvalue weighted by atomic mass is 10.2. The van der Waals surface area contributed by atoms with Crippen LogP contribution in [0.1, 0.15) is 31.1 Å². The van der Waals surface area contributed by atoms with E-state index in [9.17, 15) is 9.59 Å². The Hall–Kier alpha value is -2.04. The molecule has 1 rings (SSSR count). The molecule has 0 heterocycles. The summed E-state index contributed by atoms with van der Waals surface area (Å²) in [5.41, 5.74) is 0.414. The van der Waals surface area contributed by atoms with Gasteiger partial charge in [0, 0.05) is 18.7 Å². The quantitative estimate of drug-likeness (QED) is 0.844. The Morgan fingerprint density at radius 3 is 2.21 bits per heavy atom. The molecule has 1 atom stereocenters. The van der Waals surface area contributed by atoms with E-state index in [1.807, 2.05) is 13.8 Å². The Bertz CT molecular complexity index is 439. The number of likely N-dealkylation sites (N-methyl/N-ethyl adjacent to an activating group) is 1. The zero-order valence-electron chi connectivity index (χ0n) is 11.5. The number of hydrogen-bond acceptors (Lipinski definition) is 3. The zero-order valence-corrected chi connectivity index (χ0v) is 11.5. The summed E-state index contributed by atoms with van der Waals surface area (Å²) in [5.74, 6) is -0.325. The second-order valence-corrected chi connectivity index (χ2v) is 4.25. The fourth-order valence-corrected chi connectivity index (χ4v) is 1.76. The van der Waals surface area contributed by atoms with E-state index in [0.717, 1.165) is 0 Å². The molecule has 0 saturated carbocycles. The summed E-state index contributed by atoms with van der Waals surface area (Å²) in [4.78, 5) is 25.6. The number of carbonyl (C=O) groups excluding carboxylic acids is 2. The molecule has 1 aromatic carbocycles. The summed E-state index contributed by atoms with van der Waals surface area (Å²) in [7, 11) is 0. The highest BCUT2D eigenvalue weighted by Crippen LogP contribution is 2.09. The van der Waals surface area contributed by atoms with Gasteiger partial charge in [0.1, 0.15) is 11.8 Å². The number of nitrogens with one attached hydrogen (secondary N) is 1. The maximum absolute atomic E-state index is 12.0. The first-order valence-corrected chi connectivity index (χ1v) is 6.38. The summed E-state index contributed by atoms with van der Waals surface area (Å²) in [5, 5.41) is 11.8. The minimum Gasteiger partial charge on any atom is -0.508 e. The van der Waals surface area contributed by atoms with E-state index in [1.165, 1.54) is 24.3 Å². The van der Waals surface area contributed by atoms with Crippen LogP contribution in [0.25, 0.3) is 0 Å². The van der Waals surface area contributed by atoms with Gasteiger partial charge in [-0.2, -0.15) is 0 Å². The molecule has 5 nitrogen and oxygen atoms in total. The highest BCUT2D eigenvalue weighted by atomic mass is 16.3. The van der Waals surface area contributed by atoms with Gasteiger partial charge in [-0.15, -0.1) is 0 Å². The molecule has 5 heteroatoms. The van der Waals surface area contributed by atoms with E-state index in [4.69, 9.17) is 5.11 Å². The molecule has 0 radical (unpaired) electrons. The topological polar surface area (TPSA) is 69.6 Å². The van der Waals surface area contributed by atoms with Crippen LogP contribution in [-0.2, 0) is 4.79 Å². The van der Waals surface area contributed by atoms with Crippen molar-refractivity contribution in [3.63, 3.8) is 0 Å². The molecule has 0 fully saturated rings. The molecule has 0 saturated heterocycles. The minimum absolute atomic E-state index is 0.0999. The number of carbonyl (C=O) groups is 2. The third-order valence-corrected chi connectivity index (χ3v) is 2.92. The first-order valence-electron chi connectivity index (χ1n) is 6.38. The summed E-state index contributed by atoms with van der Waals surface area (Å²) < 4.78 is 0. The molecule has 0 bridgehead atoms. The maximum atomic E-state index is 12.0. The normalized spacial score (nSPS) is 11.7. The van der Waals surface area contributed by atoms with E-state index in [2.05, 4.69) is 5.32 Å². The van der Waals surface area contributed by atoms with E-state index >= 15 is 0 Å². The number of rotatable bonds is 5. The fourth-order valence-electron chi connectivity index (χ4n) is 1.76. The Kier molecular flexibility index (Phi) is 5.36. The van der Waals surface area contributed by atoms with Crippen molar-refractivity contribution < 1.29 is 14.7 Å². The van der Waals surface area contributed by atoms with Crippen molar-refractivity contribution in [2.24, 2.45) is 0 Å². The van der Waals surface area contributed by atoms with Crippen molar-refractivity contribution >= 4 is 11.8 Å². The lowest BCUT2D eigenvalue weighted by Crippen LogP contribution is -2.46. The van der Waals surface area contributed by atoms with Crippen LogP contribution in [-0.4, -0.2) is 41.0 Å². The van der Waals surface area contributed by atoms with Crippen LogP contribution in [0.3, 0.4) is 0 Å². The number of aromatic hydroxyl groups is 1. The summed E-state index contributed by atoms with van der Waals surface area (Å²) in [6, 6.07) is 5.33. The van der Waals surface area contributed by atoms with Crippen LogP contribution in [0.2, 0.25) is 0 Å². The van der Waals surface area contributed by atoms with Gasteiger partial charge in [-0.1, -0.05) is 0 Å². The number of amides is 2. The number of nitrogens with zero attached hydrogens (tertiary/aromatic N) is 1. The first kappa shape index (κ1) is 15.0. The van der Waals surface area contributed by atoms with E-state index in [-0.39, 0.29) is 17.6 Å². The molecule has 19 heavy (non-hydrogen) atoms. The summed E-state index contributed by atoms with van der Waals surface area (Å²) in [6.45, 7) is 6.70. The van der Waals surface area contributed by atoms with Crippen LogP contribution < -0.4 is 5.32 Å². The molecule has 1 aromatic rings. The van der Waals surface area contributed by atoms with Crippen molar-refractivity contribution in [2.75, 3.05) is 13.1 Å². The molecule has 2 N–H and O–H groups in total. The van der Waals surface area contributed by atoms with Crippen LogP contribution in [0.15, 0.2) is 24.3 Å². The SMILES string of the molecule is CCN(CC)C(=O)C(C)NC(=O)c1ccc(O)cc1. The molecule has 0 spiro atoms. The Morgan fingerprint density at radius 2 is 1.74 bits per heavy atom. The van der Waals surface area contributed by atoms with Crippen LogP contribution in [0, 0.1) is 0 Å². The summed E-state index contributed by atoms with van der Waals surface area (Å²) >= 11 is 0. The number of phenols is 1. The van der Waals surface area contributed by atoms with Crippen molar-refractivity contribution in [3.8, 4) is 5.75 Å². The maximum Gasteiger partial charge on any atom is 0.251 e. The van der Waals surface area contributed by atoms with Crippen molar-refractivity contribution in [1.29, 1.82) is 0 Å². The highest BCUT2D eigenvalue weighted by Gasteiger charge is 2.20. The van der Waals surface area contributed by atoms with Gasteiger partial charge >= 0.3 is 0 Å². The van der Waals surface area contributed by atoms with E-state index < -0.39 is 6.04 Å². The second kappa shape index (κ2) is 6.78. The molecule has 0 aliphatic heterocycles. The second-order valence-electron chi connectivity index (χ2n) is 4.25. The fraction of sp³-hybridized carbons (Fsp3) is 0.429. The zero-order chi connectivity index (χ0) is 14.4. The van der Waals surface area contributed by atoms with Gasteiger partial charge in [0.05, 0.1) is 0 Å². The molecule has 0 aliphatic rings. The number of benzene rings is 1. The Labute approximate surface area is 113 Å². The molecule has 0 aliphatic carbocycles. The predicted molar refractivity (Wildman–Crippen MR) is 73.0 cm³/mol. The van der Waals surface area contributed by atoms with Crippen molar-refractivity contribution in [1.82, 2.24) is 10.2 Å². The van der Waals surface area contributed by atoms with Gasteiger partial charge in [0.2, 0.25) is 5.91 Å². The standard InChI is InChI=1S/C14H20N2O3/c1-4-16(5-2)14(19)10(3)15-13(18)11-6-8-12(17)9-7-11/h6-10,17H,4-5H2,1-3H3,(H,15,18). The molecular formula is C14H20N2O3. The van der Waals surface area contributed by atoms with Gasteiger partial charge in [0.15, 0.2) is 0 Å². The lowest BCUT2D eigenvalue weighted by Gasteiger charge is -2.23. The highest BCUT2D eigenvalue weighted by molar-refractivity contribution is 5.97. The van der Waals surface area contributed by atoms with Gasteiger partial charge in [-0.05, 0) is 45.0 Å². The van der Waals surface area contributed by atoms with Gasteiger partial charge < -0.3 is 15.3 Å². The lowest BCUT2D eigenvalue weighted by molar-refractivity contribution is -0.132. The Morgan fingerprint density at radius 1 is 1.21 bits per heavy atom. The van der Waals surface area contributed by atoms with Crippen LogP contribution >= 0.6 is 0 Å². The molecular weight excluding hydrogens is 244 g/mol. The predicted octanol–water partition coefficient (Wildman–Crippen LogP) is 1.38. The molecule has 0 aromatic heterocycles. The smallest absolute Gasteiger partial charge is 0.251 e. The average molecular weight is 264 g/mol.